The van der Waals surface area contributed by atoms with Crippen molar-refractivity contribution in [3.8, 4) is 0 Å². The average molecular weight is 397 g/mol. The van der Waals surface area contributed by atoms with Crippen LogP contribution in [0.5, 0.6) is 0 Å². The smallest absolute Gasteiger partial charge is 0.225 e. The molecule has 0 spiro atoms. The van der Waals surface area contributed by atoms with Gasteiger partial charge in [-0.25, -0.2) is 9.97 Å². The van der Waals surface area contributed by atoms with Crippen molar-refractivity contribution in [3.63, 3.8) is 0 Å². The molecule has 3 fully saturated rings. The van der Waals surface area contributed by atoms with E-state index >= 15 is 0 Å². The molecule has 1 saturated heterocycles. The second-order valence-corrected chi connectivity index (χ2v) is 10.4. The van der Waals surface area contributed by atoms with E-state index in [1.54, 1.807) is 4.88 Å². The Labute approximate surface area is 170 Å². The highest BCUT2D eigenvalue weighted by molar-refractivity contribution is 7.19. The summed E-state index contributed by atoms with van der Waals surface area (Å²) >= 11 is 1.92. The SMILES string of the molecule is C[C@@H]1CCc2c(sc3nc(C4CC4)nc(N4CCN(C(=O)C5CC5)CC4)c23)C1. The van der Waals surface area contributed by atoms with Gasteiger partial charge in [0.15, 0.2) is 0 Å². The Balaban J connectivity index is 1.35. The van der Waals surface area contributed by atoms with Gasteiger partial charge < -0.3 is 9.80 Å². The number of carbonyl (C=O) groups excluding carboxylic acids is 1. The zero-order valence-corrected chi connectivity index (χ0v) is 17.4. The average Bonchev–Trinajstić information content (AvgIpc) is 3.61. The van der Waals surface area contributed by atoms with Crippen molar-refractivity contribution in [3.05, 3.63) is 16.3 Å². The van der Waals surface area contributed by atoms with Crippen molar-refractivity contribution in [2.75, 3.05) is 31.1 Å². The molecule has 2 aromatic heterocycles. The molecule has 0 bridgehead atoms. The molecule has 3 heterocycles. The normalized spacial score (nSPS) is 25.2. The van der Waals surface area contributed by atoms with Gasteiger partial charge in [-0.1, -0.05) is 6.92 Å². The lowest BCUT2D eigenvalue weighted by molar-refractivity contribution is -0.132. The number of nitrogens with zero attached hydrogens (tertiary/aromatic N) is 4. The Kier molecular flexibility index (Phi) is 3.94. The maximum atomic E-state index is 12.4. The molecule has 0 radical (unpaired) electrons. The Morgan fingerprint density at radius 3 is 2.54 bits per heavy atom. The third kappa shape index (κ3) is 2.92. The summed E-state index contributed by atoms with van der Waals surface area (Å²) in [5.74, 6) is 4.27. The van der Waals surface area contributed by atoms with E-state index in [1.807, 2.05) is 11.3 Å². The highest BCUT2D eigenvalue weighted by Crippen LogP contribution is 2.45. The number of aromatic nitrogens is 2. The zero-order chi connectivity index (χ0) is 18.8. The summed E-state index contributed by atoms with van der Waals surface area (Å²) in [5.41, 5.74) is 1.52. The zero-order valence-electron chi connectivity index (χ0n) is 16.6. The fourth-order valence-corrected chi connectivity index (χ4v) is 6.20. The van der Waals surface area contributed by atoms with E-state index in [4.69, 9.17) is 9.97 Å². The first-order valence-electron chi connectivity index (χ1n) is 11.0. The first-order chi connectivity index (χ1) is 13.7. The molecule has 0 unspecified atom stereocenters. The van der Waals surface area contributed by atoms with Gasteiger partial charge >= 0.3 is 0 Å². The minimum atomic E-state index is 0.324. The Bertz CT molecular complexity index is 938. The van der Waals surface area contributed by atoms with Crippen molar-refractivity contribution in [2.24, 2.45) is 11.8 Å². The van der Waals surface area contributed by atoms with Crippen molar-refractivity contribution >= 4 is 33.3 Å². The summed E-state index contributed by atoms with van der Waals surface area (Å²) in [4.78, 5) is 29.8. The van der Waals surface area contributed by atoms with Crippen molar-refractivity contribution in [2.45, 2.75) is 57.8 Å². The summed E-state index contributed by atoms with van der Waals surface area (Å²) < 4.78 is 0. The van der Waals surface area contributed by atoms with Crippen molar-refractivity contribution in [1.82, 2.24) is 14.9 Å². The van der Waals surface area contributed by atoms with Crippen LogP contribution in [0.4, 0.5) is 5.82 Å². The predicted octanol–water partition coefficient (Wildman–Crippen LogP) is 3.75. The van der Waals surface area contributed by atoms with Crippen LogP contribution in [0.3, 0.4) is 0 Å². The van der Waals surface area contributed by atoms with E-state index in [-0.39, 0.29) is 0 Å². The van der Waals surface area contributed by atoms with Gasteiger partial charge in [-0.15, -0.1) is 11.3 Å². The number of hydrogen-bond acceptors (Lipinski definition) is 5. The van der Waals surface area contributed by atoms with Crippen LogP contribution >= 0.6 is 11.3 Å². The number of anilines is 1. The highest BCUT2D eigenvalue weighted by atomic mass is 32.1. The van der Waals surface area contributed by atoms with Crippen LogP contribution in [-0.4, -0.2) is 47.0 Å². The van der Waals surface area contributed by atoms with Crippen LogP contribution in [-0.2, 0) is 17.6 Å². The molecule has 0 aromatic carbocycles. The maximum absolute atomic E-state index is 12.4. The molecule has 1 amide bonds. The molecule has 2 saturated carbocycles. The van der Waals surface area contributed by atoms with Crippen LogP contribution < -0.4 is 4.90 Å². The number of aryl methyl sites for hydroxylation is 1. The second-order valence-electron chi connectivity index (χ2n) is 9.30. The summed E-state index contributed by atoms with van der Waals surface area (Å²) in [7, 11) is 0. The molecule has 1 aliphatic heterocycles. The largest absolute Gasteiger partial charge is 0.352 e. The van der Waals surface area contributed by atoms with Gasteiger partial charge in [0.2, 0.25) is 5.91 Å². The van der Waals surface area contributed by atoms with Crippen LogP contribution in [0, 0.1) is 11.8 Å². The van der Waals surface area contributed by atoms with Crippen molar-refractivity contribution in [1.29, 1.82) is 0 Å². The molecule has 2 aromatic rings. The van der Waals surface area contributed by atoms with Gasteiger partial charge in [0.1, 0.15) is 16.5 Å². The lowest BCUT2D eigenvalue weighted by Gasteiger charge is -2.36. The molecule has 4 aliphatic rings. The minimum Gasteiger partial charge on any atom is -0.352 e. The minimum absolute atomic E-state index is 0.324. The first kappa shape index (κ1) is 17.2. The third-order valence-corrected chi connectivity index (χ3v) is 8.06. The van der Waals surface area contributed by atoms with Gasteiger partial charge in [-0.3, -0.25) is 4.79 Å². The van der Waals surface area contributed by atoms with Crippen LogP contribution in [0.2, 0.25) is 0 Å². The number of carbonyl (C=O) groups is 1. The topological polar surface area (TPSA) is 49.3 Å². The molecule has 1 atom stereocenters. The van der Waals surface area contributed by atoms with Gasteiger partial charge in [-0.05, 0) is 56.4 Å². The van der Waals surface area contributed by atoms with E-state index < -0.39 is 0 Å². The Morgan fingerprint density at radius 1 is 1.04 bits per heavy atom. The highest BCUT2D eigenvalue weighted by Gasteiger charge is 2.36. The summed E-state index contributed by atoms with van der Waals surface area (Å²) in [6.07, 6.45) is 8.28. The molecule has 28 heavy (non-hydrogen) atoms. The number of piperazine rings is 1. The second kappa shape index (κ2) is 6.41. The molecular formula is C22H28N4OS. The van der Waals surface area contributed by atoms with Crippen LogP contribution in [0.1, 0.15) is 61.2 Å². The van der Waals surface area contributed by atoms with E-state index in [1.165, 1.54) is 41.5 Å². The van der Waals surface area contributed by atoms with Gasteiger partial charge in [0.25, 0.3) is 0 Å². The van der Waals surface area contributed by atoms with E-state index in [0.29, 0.717) is 17.7 Å². The summed E-state index contributed by atoms with van der Waals surface area (Å²) in [6, 6.07) is 0. The van der Waals surface area contributed by atoms with Crippen LogP contribution in [0.15, 0.2) is 0 Å². The molecule has 6 rings (SSSR count). The summed E-state index contributed by atoms with van der Waals surface area (Å²) in [5, 5.41) is 1.33. The number of rotatable bonds is 3. The van der Waals surface area contributed by atoms with Gasteiger partial charge in [-0.2, -0.15) is 0 Å². The monoisotopic (exact) mass is 396 g/mol. The van der Waals surface area contributed by atoms with E-state index in [0.717, 1.165) is 63.0 Å². The summed E-state index contributed by atoms with van der Waals surface area (Å²) in [6.45, 7) is 5.84. The van der Waals surface area contributed by atoms with Gasteiger partial charge in [0.05, 0.1) is 5.39 Å². The fraction of sp³-hybridized carbons (Fsp3) is 0.682. The molecule has 5 nitrogen and oxygen atoms in total. The first-order valence-corrected chi connectivity index (χ1v) is 11.8. The fourth-order valence-electron chi connectivity index (χ4n) is 4.82. The molecule has 3 aliphatic carbocycles. The number of hydrogen-bond donors (Lipinski definition) is 0. The maximum Gasteiger partial charge on any atom is 0.225 e. The number of thiophene rings is 1. The lowest BCUT2D eigenvalue weighted by Crippen LogP contribution is -2.49. The molecular weight excluding hydrogens is 368 g/mol. The molecule has 0 N–H and O–H groups in total. The third-order valence-electron chi connectivity index (χ3n) is 6.91. The van der Waals surface area contributed by atoms with Gasteiger partial charge in [0, 0.05) is 42.9 Å². The predicted molar refractivity (Wildman–Crippen MR) is 112 cm³/mol. The Morgan fingerprint density at radius 2 is 1.82 bits per heavy atom. The van der Waals surface area contributed by atoms with Crippen LogP contribution in [0.25, 0.3) is 10.2 Å². The molecule has 6 heteroatoms. The number of amides is 1. The number of fused-ring (bicyclic) bond motifs is 3. The van der Waals surface area contributed by atoms with E-state index in [2.05, 4.69) is 16.7 Å². The van der Waals surface area contributed by atoms with Crippen molar-refractivity contribution < 1.29 is 4.79 Å². The Hall–Kier alpha value is -1.69. The standard InChI is InChI=1S/C22H28N4OS/c1-13-2-7-16-17(12-13)28-21-18(16)20(23-19(24-21)14-3-4-14)25-8-10-26(11-9-25)22(27)15-5-6-15/h13-15H,2-12H2,1H3/t13-/m1/s1. The molecule has 148 valence electrons. The van der Waals surface area contributed by atoms with E-state index in [9.17, 15) is 4.79 Å². The lowest BCUT2D eigenvalue weighted by atomic mass is 9.89. The quantitative estimate of drug-likeness (QED) is 0.793.